The van der Waals surface area contributed by atoms with Gasteiger partial charge in [0, 0.05) is 10.7 Å². The van der Waals surface area contributed by atoms with Crippen LogP contribution in [-0.4, -0.2) is 13.7 Å². The topological polar surface area (TPSA) is 34.1 Å². The van der Waals surface area contributed by atoms with Gasteiger partial charge in [-0.1, -0.05) is 6.42 Å². The Morgan fingerprint density at radius 1 is 1.08 bits per heavy atom. The van der Waals surface area contributed by atoms with Crippen LogP contribution in [0.2, 0.25) is 0 Å². The van der Waals surface area contributed by atoms with Crippen LogP contribution in [0.5, 0.6) is 0 Å². The molecule has 0 heterocycles. The molecule has 0 N–H and O–H groups in total. The van der Waals surface area contributed by atoms with Gasteiger partial charge in [0.25, 0.3) is 0 Å². The maximum absolute atomic E-state index is 11.1. The molecule has 0 unspecified atom stereocenters. The van der Waals surface area contributed by atoms with E-state index in [1.807, 2.05) is 0 Å². The first-order chi connectivity index (χ1) is 5.57. The maximum atomic E-state index is 11.1. The summed E-state index contributed by atoms with van der Waals surface area (Å²) >= 11 is 0. The molecule has 2 rings (SSSR count). The Balaban J connectivity index is 2.18. The summed E-state index contributed by atoms with van der Waals surface area (Å²) in [5, 5.41) is -0.238. The van der Waals surface area contributed by atoms with Crippen LogP contribution in [-0.2, 0) is 9.05 Å². The second-order valence-corrected chi connectivity index (χ2v) is 6.88. The van der Waals surface area contributed by atoms with Crippen LogP contribution >= 0.6 is 10.7 Å². The Morgan fingerprint density at radius 2 is 1.75 bits per heavy atom. The molecule has 0 aromatic rings. The Labute approximate surface area is 77.7 Å². The molecule has 0 aliphatic heterocycles. The van der Waals surface area contributed by atoms with Crippen molar-refractivity contribution in [3.8, 4) is 0 Å². The molecule has 2 aliphatic carbocycles. The maximum Gasteiger partial charge on any atom is 0.235 e. The van der Waals surface area contributed by atoms with E-state index in [0.29, 0.717) is 5.92 Å². The van der Waals surface area contributed by atoms with E-state index in [1.54, 1.807) is 0 Å². The number of hydrogen-bond acceptors (Lipinski definition) is 2. The lowest BCUT2D eigenvalue weighted by Gasteiger charge is -2.25. The standard InChI is InChI=1S/C8H13ClO2S/c9-12(10,11)8-4-2-6-1-3-7(8)5-6/h6-8H,1-5H2/t6-,7-,8-/m0/s1. The van der Waals surface area contributed by atoms with E-state index in [4.69, 9.17) is 10.7 Å². The van der Waals surface area contributed by atoms with Crippen LogP contribution in [0.1, 0.15) is 32.1 Å². The smallest absolute Gasteiger partial charge is 0.212 e. The van der Waals surface area contributed by atoms with Crippen molar-refractivity contribution in [1.29, 1.82) is 0 Å². The van der Waals surface area contributed by atoms with Crippen LogP contribution in [0, 0.1) is 11.8 Å². The Morgan fingerprint density at radius 3 is 2.42 bits per heavy atom. The average molecular weight is 209 g/mol. The molecule has 2 bridgehead atoms. The summed E-state index contributed by atoms with van der Waals surface area (Å²) < 4.78 is 22.3. The molecule has 3 atom stereocenters. The zero-order chi connectivity index (χ0) is 8.77. The summed E-state index contributed by atoms with van der Waals surface area (Å²) in [6.45, 7) is 0. The average Bonchev–Trinajstić information content (AvgIpc) is 2.30. The lowest BCUT2D eigenvalue weighted by atomic mass is 9.89. The molecule has 2 nitrogen and oxygen atoms in total. The van der Waals surface area contributed by atoms with E-state index < -0.39 is 9.05 Å². The summed E-state index contributed by atoms with van der Waals surface area (Å²) in [5.41, 5.74) is 0. The molecule has 0 amide bonds. The van der Waals surface area contributed by atoms with Gasteiger partial charge in [-0.2, -0.15) is 0 Å². The fourth-order valence-corrected chi connectivity index (χ4v) is 4.55. The van der Waals surface area contributed by atoms with Gasteiger partial charge in [-0.15, -0.1) is 0 Å². The zero-order valence-corrected chi connectivity index (χ0v) is 8.44. The van der Waals surface area contributed by atoms with Crippen LogP contribution in [0.25, 0.3) is 0 Å². The molecule has 2 fully saturated rings. The van der Waals surface area contributed by atoms with Gasteiger partial charge >= 0.3 is 0 Å². The molecule has 0 aromatic carbocycles. The van der Waals surface area contributed by atoms with Crippen molar-refractivity contribution in [2.75, 3.05) is 0 Å². The van der Waals surface area contributed by atoms with Crippen molar-refractivity contribution < 1.29 is 8.42 Å². The van der Waals surface area contributed by atoms with Crippen LogP contribution in [0.15, 0.2) is 0 Å². The first-order valence-electron chi connectivity index (χ1n) is 4.51. The predicted octanol–water partition coefficient (Wildman–Crippen LogP) is 2.13. The number of fused-ring (bicyclic) bond motifs is 2. The quantitative estimate of drug-likeness (QED) is 0.619. The van der Waals surface area contributed by atoms with Gasteiger partial charge in [-0.25, -0.2) is 8.42 Å². The molecule has 2 aliphatic rings. The van der Waals surface area contributed by atoms with E-state index in [-0.39, 0.29) is 5.25 Å². The first-order valence-corrected chi connectivity index (χ1v) is 6.88. The minimum atomic E-state index is -3.29. The van der Waals surface area contributed by atoms with E-state index in [1.165, 1.54) is 6.42 Å². The molecule has 2 saturated carbocycles. The third kappa shape index (κ3) is 1.49. The second-order valence-electron chi connectivity index (χ2n) is 4.03. The first kappa shape index (κ1) is 8.82. The highest BCUT2D eigenvalue weighted by Crippen LogP contribution is 2.45. The third-order valence-corrected chi connectivity index (χ3v) is 5.36. The molecular weight excluding hydrogens is 196 g/mol. The minimum Gasteiger partial charge on any atom is -0.212 e. The molecule has 0 spiro atoms. The number of rotatable bonds is 1. The van der Waals surface area contributed by atoms with Crippen molar-refractivity contribution in [3.05, 3.63) is 0 Å². The summed E-state index contributed by atoms with van der Waals surface area (Å²) in [7, 11) is 2.09. The van der Waals surface area contributed by atoms with Gasteiger partial charge < -0.3 is 0 Å². The SMILES string of the molecule is O=S(=O)(Cl)[C@H]1CC[C@@H]2CC[C@H]1C2. The molecule has 12 heavy (non-hydrogen) atoms. The van der Waals surface area contributed by atoms with Gasteiger partial charge in [0.2, 0.25) is 9.05 Å². The zero-order valence-electron chi connectivity index (χ0n) is 6.87. The lowest BCUT2D eigenvalue weighted by Crippen LogP contribution is -2.28. The highest BCUT2D eigenvalue weighted by molar-refractivity contribution is 8.14. The lowest BCUT2D eigenvalue weighted by molar-refractivity contribution is 0.360. The van der Waals surface area contributed by atoms with E-state index in [2.05, 4.69) is 0 Å². The highest BCUT2D eigenvalue weighted by Gasteiger charge is 2.41. The number of halogens is 1. The third-order valence-electron chi connectivity index (χ3n) is 3.33. The van der Waals surface area contributed by atoms with E-state index in [9.17, 15) is 8.42 Å². The Bertz CT molecular complexity index is 273. The van der Waals surface area contributed by atoms with Gasteiger partial charge in [-0.05, 0) is 37.5 Å². The molecule has 4 heteroatoms. The van der Waals surface area contributed by atoms with Crippen molar-refractivity contribution in [2.45, 2.75) is 37.4 Å². The molecule has 0 radical (unpaired) electrons. The molecular formula is C8H13ClO2S. The van der Waals surface area contributed by atoms with Gasteiger partial charge in [0.1, 0.15) is 0 Å². The number of hydrogen-bond donors (Lipinski definition) is 0. The monoisotopic (exact) mass is 208 g/mol. The van der Waals surface area contributed by atoms with Crippen LogP contribution in [0.4, 0.5) is 0 Å². The van der Waals surface area contributed by atoms with Crippen molar-refractivity contribution >= 4 is 19.7 Å². The molecule has 0 aromatic heterocycles. The van der Waals surface area contributed by atoms with Crippen LogP contribution in [0.3, 0.4) is 0 Å². The Hall–Kier alpha value is 0.240. The minimum absolute atomic E-state index is 0.238. The fraction of sp³-hybridized carbons (Fsp3) is 1.00. The summed E-state index contributed by atoms with van der Waals surface area (Å²) in [5.74, 6) is 1.16. The largest absolute Gasteiger partial charge is 0.235 e. The van der Waals surface area contributed by atoms with Gasteiger partial charge in [0.15, 0.2) is 0 Å². The summed E-state index contributed by atoms with van der Waals surface area (Å²) in [6.07, 6.45) is 5.24. The second kappa shape index (κ2) is 2.88. The van der Waals surface area contributed by atoms with Gasteiger partial charge in [-0.3, -0.25) is 0 Å². The summed E-state index contributed by atoms with van der Waals surface area (Å²) in [4.78, 5) is 0. The van der Waals surface area contributed by atoms with Crippen molar-refractivity contribution in [1.82, 2.24) is 0 Å². The molecule has 70 valence electrons. The van der Waals surface area contributed by atoms with Crippen molar-refractivity contribution in [3.63, 3.8) is 0 Å². The fourth-order valence-electron chi connectivity index (χ4n) is 2.72. The highest BCUT2D eigenvalue weighted by atomic mass is 35.7. The summed E-state index contributed by atoms with van der Waals surface area (Å²) in [6, 6.07) is 0. The normalized spacial score (nSPS) is 41.6. The van der Waals surface area contributed by atoms with E-state index >= 15 is 0 Å². The predicted molar refractivity (Wildman–Crippen MR) is 48.6 cm³/mol. The molecule has 0 saturated heterocycles. The van der Waals surface area contributed by atoms with E-state index in [0.717, 1.165) is 31.6 Å². The van der Waals surface area contributed by atoms with Crippen molar-refractivity contribution in [2.24, 2.45) is 11.8 Å². The Kier molecular flexibility index (Phi) is 2.11. The van der Waals surface area contributed by atoms with Crippen LogP contribution < -0.4 is 0 Å². The van der Waals surface area contributed by atoms with Gasteiger partial charge in [0.05, 0.1) is 5.25 Å².